The van der Waals surface area contributed by atoms with E-state index < -0.39 is 0 Å². The monoisotopic (exact) mass is 196 g/mol. The van der Waals surface area contributed by atoms with Crippen molar-refractivity contribution >= 4 is 0 Å². The van der Waals surface area contributed by atoms with Crippen LogP contribution in [0.3, 0.4) is 0 Å². The van der Waals surface area contributed by atoms with E-state index in [0.717, 1.165) is 17.8 Å². The smallest absolute Gasteiger partial charge is 0.0597 e. The highest BCUT2D eigenvalue weighted by Gasteiger charge is 2.10. The molecular formula is C11H20N2O. The van der Waals surface area contributed by atoms with E-state index >= 15 is 0 Å². The summed E-state index contributed by atoms with van der Waals surface area (Å²) in [4.78, 5) is 0. The van der Waals surface area contributed by atoms with Crippen molar-refractivity contribution in [3.05, 3.63) is 17.5 Å². The lowest BCUT2D eigenvalue weighted by molar-refractivity contribution is 0.147. The topological polar surface area (TPSA) is 38.0 Å². The number of aliphatic hydroxyl groups is 1. The van der Waals surface area contributed by atoms with Gasteiger partial charge in [-0.25, -0.2) is 0 Å². The maximum Gasteiger partial charge on any atom is 0.0597 e. The molecule has 1 heterocycles. The van der Waals surface area contributed by atoms with Gasteiger partial charge in [-0.1, -0.05) is 13.8 Å². The van der Waals surface area contributed by atoms with Crippen LogP contribution in [0.25, 0.3) is 0 Å². The van der Waals surface area contributed by atoms with Crippen molar-refractivity contribution in [2.24, 2.45) is 13.0 Å². The van der Waals surface area contributed by atoms with Crippen molar-refractivity contribution in [1.29, 1.82) is 0 Å². The molecule has 1 N–H and O–H groups in total. The molecule has 0 bridgehead atoms. The molecule has 0 spiro atoms. The van der Waals surface area contributed by atoms with E-state index in [1.807, 2.05) is 24.7 Å². The summed E-state index contributed by atoms with van der Waals surface area (Å²) in [7, 11) is 1.92. The molecular weight excluding hydrogens is 176 g/mol. The number of nitrogens with zero attached hydrogens (tertiary/aromatic N) is 2. The molecule has 0 saturated heterocycles. The number of aliphatic hydroxyl groups excluding tert-OH is 1. The van der Waals surface area contributed by atoms with Gasteiger partial charge >= 0.3 is 0 Å². The van der Waals surface area contributed by atoms with Crippen LogP contribution >= 0.6 is 0 Å². The Hall–Kier alpha value is -0.830. The van der Waals surface area contributed by atoms with Gasteiger partial charge in [0.15, 0.2) is 0 Å². The Labute approximate surface area is 85.8 Å². The predicted octanol–water partition coefficient (Wildman–Crippen LogP) is 1.68. The van der Waals surface area contributed by atoms with E-state index in [1.165, 1.54) is 0 Å². The van der Waals surface area contributed by atoms with Crippen LogP contribution in [0.15, 0.2) is 6.07 Å². The maximum atomic E-state index is 9.77. The Morgan fingerprint density at radius 1 is 1.50 bits per heavy atom. The van der Waals surface area contributed by atoms with Gasteiger partial charge in [0.1, 0.15) is 0 Å². The van der Waals surface area contributed by atoms with Crippen molar-refractivity contribution < 1.29 is 5.11 Å². The van der Waals surface area contributed by atoms with E-state index in [1.54, 1.807) is 0 Å². The van der Waals surface area contributed by atoms with E-state index in [2.05, 4.69) is 18.9 Å². The van der Waals surface area contributed by atoms with E-state index in [-0.39, 0.29) is 6.10 Å². The summed E-state index contributed by atoms with van der Waals surface area (Å²) in [5, 5.41) is 14.0. The van der Waals surface area contributed by atoms with Gasteiger partial charge in [0, 0.05) is 19.2 Å². The normalized spacial score (nSPS) is 13.6. The van der Waals surface area contributed by atoms with Gasteiger partial charge in [0.2, 0.25) is 0 Å². The zero-order valence-electron chi connectivity index (χ0n) is 9.49. The highest BCUT2D eigenvalue weighted by molar-refractivity contribution is 5.09. The molecule has 0 aliphatic heterocycles. The number of rotatable bonds is 4. The van der Waals surface area contributed by atoms with Crippen LogP contribution in [0.4, 0.5) is 0 Å². The number of hydrogen-bond acceptors (Lipinski definition) is 2. The van der Waals surface area contributed by atoms with Gasteiger partial charge < -0.3 is 5.11 Å². The summed E-state index contributed by atoms with van der Waals surface area (Å²) in [5.74, 6) is 0.541. The van der Waals surface area contributed by atoms with Crippen LogP contribution in [0, 0.1) is 12.8 Å². The van der Waals surface area contributed by atoms with E-state index in [0.29, 0.717) is 12.3 Å². The van der Waals surface area contributed by atoms with Gasteiger partial charge in [-0.05, 0) is 25.3 Å². The summed E-state index contributed by atoms with van der Waals surface area (Å²) >= 11 is 0. The van der Waals surface area contributed by atoms with Crippen LogP contribution in [-0.4, -0.2) is 21.0 Å². The fourth-order valence-corrected chi connectivity index (χ4v) is 1.72. The number of aryl methyl sites for hydroxylation is 2. The van der Waals surface area contributed by atoms with Crippen molar-refractivity contribution in [2.75, 3.05) is 0 Å². The molecule has 14 heavy (non-hydrogen) atoms. The Kier molecular flexibility index (Phi) is 3.69. The molecule has 0 saturated carbocycles. The number of aromatic nitrogens is 2. The average molecular weight is 196 g/mol. The minimum absolute atomic E-state index is 0.246. The van der Waals surface area contributed by atoms with Crippen LogP contribution in [0.5, 0.6) is 0 Å². The first-order valence-electron chi connectivity index (χ1n) is 5.16. The molecule has 3 heteroatoms. The van der Waals surface area contributed by atoms with Crippen LogP contribution < -0.4 is 0 Å². The lowest BCUT2D eigenvalue weighted by Gasteiger charge is -2.12. The molecule has 1 aromatic rings. The lowest BCUT2D eigenvalue weighted by atomic mass is 10.0. The van der Waals surface area contributed by atoms with Crippen LogP contribution in [-0.2, 0) is 13.5 Å². The fourth-order valence-electron chi connectivity index (χ4n) is 1.72. The predicted molar refractivity (Wildman–Crippen MR) is 57.1 cm³/mol. The molecule has 1 atom stereocenters. The minimum atomic E-state index is -0.246. The lowest BCUT2D eigenvalue weighted by Crippen LogP contribution is -2.15. The molecule has 0 radical (unpaired) electrons. The highest BCUT2D eigenvalue weighted by Crippen LogP contribution is 2.11. The molecule has 0 amide bonds. The van der Waals surface area contributed by atoms with Crippen LogP contribution in [0.1, 0.15) is 31.7 Å². The molecule has 0 fully saturated rings. The SMILES string of the molecule is Cc1cc(CC(O)CC(C)C)n(C)n1. The molecule has 1 aromatic heterocycles. The minimum Gasteiger partial charge on any atom is -0.393 e. The third-order valence-corrected chi connectivity index (χ3v) is 2.29. The Morgan fingerprint density at radius 2 is 2.14 bits per heavy atom. The summed E-state index contributed by atoms with van der Waals surface area (Å²) < 4.78 is 1.85. The van der Waals surface area contributed by atoms with Crippen molar-refractivity contribution in [3.8, 4) is 0 Å². The highest BCUT2D eigenvalue weighted by atomic mass is 16.3. The van der Waals surface area contributed by atoms with Crippen molar-refractivity contribution in [3.63, 3.8) is 0 Å². The van der Waals surface area contributed by atoms with E-state index in [4.69, 9.17) is 0 Å². The number of hydrogen-bond donors (Lipinski definition) is 1. The van der Waals surface area contributed by atoms with Crippen LogP contribution in [0.2, 0.25) is 0 Å². The summed E-state index contributed by atoms with van der Waals surface area (Å²) in [6.07, 6.45) is 1.31. The summed E-state index contributed by atoms with van der Waals surface area (Å²) in [6, 6.07) is 2.03. The first-order chi connectivity index (χ1) is 6.49. The summed E-state index contributed by atoms with van der Waals surface area (Å²) in [5.41, 5.74) is 2.12. The third kappa shape index (κ3) is 3.14. The molecule has 3 nitrogen and oxygen atoms in total. The Bertz CT molecular complexity index is 291. The van der Waals surface area contributed by atoms with E-state index in [9.17, 15) is 5.11 Å². The Morgan fingerprint density at radius 3 is 2.57 bits per heavy atom. The zero-order valence-corrected chi connectivity index (χ0v) is 9.49. The first-order valence-corrected chi connectivity index (χ1v) is 5.16. The molecule has 1 unspecified atom stereocenters. The van der Waals surface area contributed by atoms with Crippen molar-refractivity contribution in [1.82, 2.24) is 9.78 Å². The van der Waals surface area contributed by atoms with Gasteiger partial charge in [-0.2, -0.15) is 5.10 Å². The maximum absolute atomic E-state index is 9.77. The molecule has 0 aromatic carbocycles. The second-order valence-electron chi connectivity index (χ2n) is 4.39. The molecule has 0 aliphatic carbocycles. The van der Waals surface area contributed by atoms with Gasteiger partial charge in [-0.3, -0.25) is 4.68 Å². The molecule has 1 rings (SSSR count). The van der Waals surface area contributed by atoms with Crippen molar-refractivity contribution in [2.45, 2.75) is 39.7 Å². The van der Waals surface area contributed by atoms with Gasteiger partial charge in [0.25, 0.3) is 0 Å². The standard InChI is InChI=1S/C11H20N2O/c1-8(2)5-11(14)7-10-6-9(3)12-13(10)4/h6,8,11,14H,5,7H2,1-4H3. The summed E-state index contributed by atoms with van der Waals surface area (Å²) in [6.45, 7) is 6.22. The zero-order chi connectivity index (χ0) is 10.7. The molecule has 0 aliphatic rings. The fraction of sp³-hybridized carbons (Fsp3) is 0.727. The first kappa shape index (κ1) is 11.2. The second kappa shape index (κ2) is 4.60. The quantitative estimate of drug-likeness (QED) is 0.795. The van der Waals surface area contributed by atoms with Gasteiger partial charge in [0.05, 0.1) is 11.8 Å². The largest absolute Gasteiger partial charge is 0.393 e. The molecule has 80 valence electrons. The second-order valence-corrected chi connectivity index (χ2v) is 4.39. The third-order valence-electron chi connectivity index (χ3n) is 2.29. The Balaban J connectivity index is 2.55. The average Bonchev–Trinajstić information content (AvgIpc) is 2.28. The van der Waals surface area contributed by atoms with Gasteiger partial charge in [-0.15, -0.1) is 0 Å².